The first-order valence-electron chi connectivity index (χ1n) is 4.28. The van der Waals surface area contributed by atoms with Crippen LogP contribution in [0.5, 0.6) is 0 Å². The monoisotopic (exact) mass is 226 g/mol. The Kier molecular flexibility index (Phi) is 4.12. The Balaban J connectivity index is 2.98. The smallest absolute Gasteiger partial charge is 0.415 e. The molecule has 1 rings (SSSR count). The summed E-state index contributed by atoms with van der Waals surface area (Å²) >= 11 is 5.72. The lowest BCUT2D eigenvalue weighted by Crippen LogP contribution is -2.31. The molecular weight excluding hydrogens is 216 g/mol. The normalized spacial score (nSPS) is 9.47. The van der Waals surface area contributed by atoms with E-state index in [0.29, 0.717) is 17.5 Å². The quantitative estimate of drug-likeness (QED) is 0.588. The highest BCUT2D eigenvalue weighted by Crippen LogP contribution is 2.15. The molecule has 0 aliphatic rings. The fourth-order valence-electron chi connectivity index (χ4n) is 1.05. The maximum atomic E-state index is 11.4. The van der Waals surface area contributed by atoms with E-state index < -0.39 is 6.09 Å². The number of halogens is 1. The van der Waals surface area contributed by atoms with Gasteiger partial charge in [0.1, 0.15) is 11.0 Å². The molecule has 1 aromatic heterocycles. The van der Waals surface area contributed by atoms with Gasteiger partial charge in [-0.1, -0.05) is 23.7 Å². The molecule has 4 nitrogen and oxygen atoms in total. The third kappa shape index (κ3) is 2.95. The van der Waals surface area contributed by atoms with E-state index in [1.54, 1.807) is 24.3 Å². The summed E-state index contributed by atoms with van der Waals surface area (Å²) in [5, 5.41) is 0.325. The highest BCUT2D eigenvalue weighted by Gasteiger charge is 2.15. The molecule has 0 saturated heterocycles. The van der Waals surface area contributed by atoms with E-state index in [0.717, 1.165) is 0 Å². The Labute approximate surface area is 93.1 Å². The minimum absolute atomic E-state index is 0.319. The molecular formula is C10H11ClN2O2. The van der Waals surface area contributed by atoms with Gasteiger partial charge < -0.3 is 4.74 Å². The van der Waals surface area contributed by atoms with Crippen molar-refractivity contribution in [2.45, 2.75) is 0 Å². The summed E-state index contributed by atoms with van der Waals surface area (Å²) < 4.78 is 4.62. The van der Waals surface area contributed by atoms with Crippen LogP contribution in [0.3, 0.4) is 0 Å². The van der Waals surface area contributed by atoms with Gasteiger partial charge in [-0.15, -0.1) is 6.58 Å². The summed E-state index contributed by atoms with van der Waals surface area (Å²) in [6.45, 7) is 3.87. The molecule has 0 spiro atoms. The van der Waals surface area contributed by atoms with Gasteiger partial charge in [-0.25, -0.2) is 9.78 Å². The van der Waals surface area contributed by atoms with Gasteiger partial charge in [0.05, 0.1) is 7.11 Å². The van der Waals surface area contributed by atoms with E-state index in [2.05, 4.69) is 16.3 Å². The molecule has 1 amide bonds. The third-order valence-corrected chi connectivity index (χ3v) is 1.89. The molecule has 0 unspecified atom stereocenters. The highest BCUT2D eigenvalue weighted by atomic mass is 35.5. The molecule has 5 heteroatoms. The lowest BCUT2D eigenvalue weighted by Gasteiger charge is -2.18. The summed E-state index contributed by atoms with van der Waals surface area (Å²) in [6.07, 6.45) is 1.09. The number of methoxy groups -OCH3 is 1. The molecule has 80 valence electrons. The van der Waals surface area contributed by atoms with Crippen molar-refractivity contribution in [3.8, 4) is 0 Å². The predicted molar refractivity (Wildman–Crippen MR) is 59.2 cm³/mol. The van der Waals surface area contributed by atoms with Crippen LogP contribution >= 0.6 is 11.6 Å². The zero-order valence-corrected chi connectivity index (χ0v) is 9.07. The highest BCUT2D eigenvalue weighted by molar-refractivity contribution is 6.29. The van der Waals surface area contributed by atoms with Gasteiger partial charge in [0, 0.05) is 6.54 Å². The minimum Gasteiger partial charge on any atom is -0.452 e. The van der Waals surface area contributed by atoms with Crippen molar-refractivity contribution in [1.29, 1.82) is 0 Å². The number of aromatic nitrogens is 1. The molecule has 0 aliphatic carbocycles. The van der Waals surface area contributed by atoms with Crippen LogP contribution in [0, 0.1) is 0 Å². The number of pyridine rings is 1. The summed E-state index contributed by atoms with van der Waals surface area (Å²) in [5.41, 5.74) is 0. The first kappa shape index (κ1) is 11.5. The summed E-state index contributed by atoms with van der Waals surface area (Å²) in [7, 11) is 1.31. The predicted octanol–water partition coefficient (Wildman–Crippen LogP) is 2.49. The number of nitrogens with zero attached hydrogens (tertiary/aromatic N) is 2. The van der Waals surface area contributed by atoms with E-state index in [4.69, 9.17) is 11.6 Å². The lowest BCUT2D eigenvalue weighted by molar-refractivity contribution is 0.179. The number of rotatable bonds is 3. The van der Waals surface area contributed by atoms with Crippen LogP contribution in [0.4, 0.5) is 10.6 Å². The van der Waals surface area contributed by atoms with E-state index >= 15 is 0 Å². The van der Waals surface area contributed by atoms with Gasteiger partial charge in [0.2, 0.25) is 0 Å². The van der Waals surface area contributed by atoms with Crippen LogP contribution < -0.4 is 4.90 Å². The Bertz CT molecular complexity index is 368. The number of hydrogen-bond donors (Lipinski definition) is 0. The maximum absolute atomic E-state index is 11.4. The molecule has 1 aromatic rings. The number of anilines is 1. The number of ether oxygens (including phenoxy) is 1. The summed E-state index contributed by atoms with van der Waals surface area (Å²) in [4.78, 5) is 16.7. The van der Waals surface area contributed by atoms with Crippen molar-refractivity contribution in [2.24, 2.45) is 0 Å². The van der Waals surface area contributed by atoms with E-state index in [9.17, 15) is 4.79 Å². The van der Waals surface area contributed by atoms with Crippen LogP contribution in [-0.2, 0) is 4.74 Å². The Morgan fingerprint density at radius 2 is 2.47 bits per heavy atom. The van der Waals surface area contributed by atoms with E-state index in [1.165, 1.54) is 12.0 Å². The van der Waals surface area contributed by atoms with Crippen molar-refractivity contribution in [2.75, 3.05) is 18.6 Å². The standard InChI is InChI=1S/C10H11ClN2O2/c1-3-7-13(10(14)15-2)9-6-4-5-8(11)12-9/h3-6H,1,7H2,2H3. The Morgan fingerprint density at radius 1 is 1.73 bits per heavy atom. The van der Waals surface area contributed by atoms with Gasteiger partial charge in [0.15, 0.2) is 0 Å². The Morgan fingerprint density at radius 3 is 3.00 bits per heavy atom. The van der Waals surface area contributed by atoms with Gasteiger partial charge >= 0.3 is 6.09 Å². The third-order valence-electron chi connectivity index (χ3n) is 1.68. The number of carbonyl (C=O) groups is 1. The second kappa shape index (κ2) is 5.36. The molecule has 0 N–H and O–H groups in total. The average Bonchev–Trinajstić information content (AvgIpc) is 2.25. The largest absolute Gasteiger partial charge is 0.452 e. The van der Waals surface area contributed by atoms with Crippen LogP contribution in [0.2, 0.25) is 5.15 Å². The fourth-order valence-corrected chi connectivity index (χ4v) is 1.21. The summed E-state index contributed by atoms with van der Waals surface area (Å²) in [5.74, 6) is 0.439. The molecule has 0 bridgehead atoms. The summed E-state index contributed by atoms with van der Waals surface area (Å²) in [6, 6.07) is 5.02. The second-order valence-corrected chi connectivity index (χ2v) is 3.08. The van der Waals surface area contributed by atoms with Crippen molar-refractivity contribution in [3.05, 3.63) is 36.0 Å². The molecule has 0 saturated carbocycles. The fraction of sp³-hybridized carbons (Fsp3) is 0.200. The first-order chi connectivity index (χ1) is 7.19. The lowest BCUT2D eigenvalue weighted by atomic mass is 10.4. The molecule has 0 fully saturated rings. The molecule has 0 radical (unpaired) electrons. The zero-order valence-electron chi connectivity index (χ0n) is 8.31. The van der Waals surface area contributed by atoms with Crippen molar-refractivity contribution in [1.82, 2.24) is 4.98 Å². The number of carbonyl (C=O) groups excluding carboxylic acids is 1. The SMILES string of the molecule is C=CCN(C(=O)OC)c1cccc(Cl)n1. The number of hydrogen-bond acceptors (Lipinski definition) is 3. The number of amides is 1. The maximum Gasteiger partial charge on any atom is 0.415 e. The van der Waals surface area contributed by atoms with Crippen LogP contribution in [0.1, 0.15) is 0 Å². The molecule has 0 aliphatic heterocycles. The molecule has 0 aromatic carbocycles. The molecule has 15 heavy (non-hydrogen) atoms. The van der Waals surface area contributed by atoms with Crippen molar-refractivity contribution < 1.29 is 9.53 Å². The van der Waals surface area contributed by atoms with Crippen LogP contribution in [0.25, 0.3) is 0 Å². The van der Waals surface area contributed by atoms with Crippen molar-refractivity contribution in [3.63, 3.8) is 0 Å². The van der Waals surface area contributed by atoms with Crippen molar-refractivity contribution >= 4 is 23.5 Å². The van der Waals surface area contributed by atoms with Gasteiger partial charge in [0.25, 0.3) is 0 Å². The average molecular weight is 227 g/mol. The first-order valence-corrected chi connectivity index (χ1v) is 4.65. The van der Waals surface area contributed by atoms with Gasteiger partial charge in [-0.2, -0.15) is 0 Å². The van der Waals surface area contributed by atoms with E-state index in [1.807, 2.05) is 0 Å². The molecule has 0 atom stereocenters. The molecule has 1 heterocycles. The zero-order chi connectivity index (χ0) is 11.3. The Hall–Kier alpha value is -1.55. The van der Waals surface area contributed by atoms with Gasteiger partial charge in [-0.3, -0.25) is 4.90 Å². The van der Waals surface area contributed by atoms with Gasteiger partial charge in [-0.05, 0) is 12.1 Å². The van der Waals surface area contributed by atoms with E-state index in [-0.39, 0.29) is 0 Å². The minimum atomic E-state index is -0.496. The second-order valence-electron chi connectivity index (χ2n) is 2.69. The van der Waals surface area contributed by atoms with Crippen LogP contribution in [-0.4, -0.2) is 24.7 Å². The topological polar surface area (TPSA) is 42.4 Å². The van der Waals surface area contributed by atoms with Crippen LogP contribution in [0.15, 0.2) is 30.9 Å².